The average Bonchev–Trinajstić information content (AvgIpc) is 3.59. The summed E-state index contributed by atoms with van der Waals surface area (Å²) in [6.45, 7) is 0. The molecule has 9 aromatic rings. The number of para-hydroxylation sites is 4. The van der Waals surface area contributed by atoms with Gasteiger partial charge in [0.2, 0.25) is 0 Å². The minimum absolute atomic E-state index is 0.882. The molecule has 0 radical (unpaired) electrons. The fraction of sp³-hybridized carbons (Fsp3) is 0. The molecule has 3 heterocycles. The maximum absolute atomic E-state index is 6.51. The molecular formula is C37H21NO2. The van der Waals surface area contributed by atoms with Crippen molar-refractivity contribution in [2.75, 3.05) is 0 Å². The Morgan fingerprint density at radius 1 is 0.375 bits per heavy atom. The number of fused-ring (bicyclic) bond motifs is 8. The van der Waals surface area contributed by atoms with Gasteiger partial charge in [-0.2, -0.15) is 0 Å². The Morgan fingerprint density at radius 3 is 1.48 bits per heavy atom. The number of rotatable bonds is 2. The summed E-state index contributed by atoms with van der Waals surface area (Å²) in [7, 11) is 0. The van der Waals surface area contributed by atoms with E-state index in [9.17, 15) is 0 Å². The number of furan rings is 2. The predicted molar refractivity (Wildman–Crippen MR) is 165 cm³/mol. The maximum atomic E-state index is 6.51. The Bertz CT molecular complexity index is 2220. The van der Waals surface area contributed by atoms with E-state index >= 15 is 0 Å². The van der Waals surface area contributed by atoms with Gasteiger partial charge in [0.15, 0.2) is 0 Å². The summed E-state index contributed by atoms with van der Waals surface area (Å²) in [5, 5.41) is 7.83. The maximum Gasteiger partial charge on any atom is 0.143 e. The molecule has 0 aliphatic heterocycles. The fourth-order valence-electron chi connectivity index (χ4n) is 6.45. The molecule has 0 aliphatic carbocycles. The SMILES string of the molecule is c1ccc2c(c1)oc1c(-c3c4ccccc4c(-c4cccc5c4oc4ccccc45)c4ncccc34)cccc12. The third-order valence-corrected chi connectivity index (χ3v) is 8.13. The van der Waals surface area contributed by atoms with Crippen LogP contribution in [0.25, 0.3) is 87.8 Å². The summed E-state index contributed by atoms with van der Waals surface area (Å²) >= 11 is 0. The molecule has 186 valence electrons. The van der Waals surface area contributed by atoms with Crippen LogP contribution in [0.4, 0.5) is 0 Å². The van der Waals surface area contributed by atoms with Gasteiger partial charge in [-0.3, -0.25) is 4.98 Å². The van der Waals surface area contributed by atoms with Crippen molar-refractivity contribution in [3.8, 4) is 22.3 Å². The zero-order valence-corrected chi connectivity index (χ0v) is 21.4. The number of nitrogens with zero attached hydrogens (tertiary/aromatic N) is 1. The number of benzene rings is 6. The monoisotopic (exact) mass is 511 g/mol. The molecule has 3 nitrogen and oxygen atoms in total. The normalized spacial score (nSPS) is 12.0. The lowest BCUT2D eigenvalue weighted by Gasteiger charge is -2.17. The largest absolute Gasteiger partial charge is 0.455 e. The number of pyridine rings is 1. The topological polar surface area (TPSA) is 39.2 Å². The molecule has 0 N–H and O–H groups in total. The lowest BCUT2D eigenvalue weighted by atomic mass is 9.87. The second kappa shape index (κ2) is 8.05. The van der Waals surface area contributed by atoms with Crippen molar-refractivity contribution in [1.29, 1.82) is 0 Å². The molecule has 0 fully saturated rings. The Kier molecular flexibility index (Phi) is 4.33. The zero-order chi connectivity index (χ0) is 26.2. The molecule has 0 atom stereocenters. The summed E-state index contributed by atoms with van der Waals surface area (Å²) in [5.74, 6) is 0. The van der Waals surface area contributed by atoms with Crippen LogP contribution in [0, 0.1) is 0 Å². The molecule has 3 heteroatoms. The average molecular weight is 512 g/mol. The van der Waals surface area contributed by atoms with Crippen molar-refractivity contribution in [2.24, 2.45) is 0 Å². The molecule has 6 aromatic carbocycles. The van der Waals surface area contributed by atoms with E-state index in [0.29, 0.717) is 0 Å². The molecule has 3 aromatic heterocycles. The third kappa shape index (κ3) is 2.86. The van der Waals surface area contributed by atoms with E-state index in [4.69, 9.17) is 13.8 Å². The van der Waals surface area contributed by atoms with Gasteiger partial charge in [-0.1, -0.05) is 103 Å². The molecule has 0 aliphatic rings. The first-order valence-electron chi connectivity index (χ1n) is 13.5. The first kappa shape index (κ1) is 21.5. The van der Waals surface area contributed by atoms with Crippen LogP contribution in [0.2, 0.25) is 0 Å². The van der Waals surface area contributed by atoms with Crippen LogP contribution in [0.5, 0.6) is 0 Å². The van der Waals surface area contributed by atoms with Crippen molar-refractivity contribution in [3.05, 3.63) is 128 Å². The van der Waals surface area contributed by atoms with E-state index in [2.05, 4.69) is 91.0 Å². The molecule has 0 unspecified atom stereocenters. The third-order valence-electron chi connectivity index (χ3n) is 8.13. The molecule has 0 saturated carbocycles. The Morgan fingerprint density at radius 2 is 0.850 bits per heavy atom. The molecule has 0 spiro atoms. The smallest absolute Gasteiger partial charge is 0.143 e. The van der Waals surface area contributed by atoms with Crippen molar-refractivity contribution >= 4 is 65.6 Å². The van der Waals surface area contributed by atoms with E-state index < -0.39 is 0 Å². The van der Waals surface area contributed by atoms with E-state index in [1.165, 1.54) is 0 Å². The highest BCUT2D eigenvalue weighted by Crippen LogP contribution is 2.47. The second-order valence-electron chi connectivity index (χ2n) is 10.3. The van der Waals surface area contributed by atoms with Crippen LogP contribution >= 0.6 is 0 Å². The highest BCUT2D eigenvalue weighted by molar-refractivity contribution is 6.25. The quantitative estimate of drug-likeness (QED) is 0.217. The standard InChI is InChI=1S/C37H21NO2/c1-2-13-25-24(12-1)33(29-16-7-14-26-22-10-3-5-19-31(22)39-36(26)29)28-18-9-21-38-35(28)34(25)30-17-8-15-27-23-11-4-6-20-32(23)40-37(27)30/h1-21H. The van der Waals surface area contributed by atoms with Crippen LogP contribution in [0.15, 0.2) is 136 Å². The lowest BCUT2D eigenvalue weighted by Crippen LogP contribution is -1.93. The summed E-state index contributed by atoms with van der Waals surface area (Å²) in [5.41, 5.74) is 8.82. The first-order valence-corrected chi connectivity index (χ1v) is 13.5. The molecule has 0 saturated heterocycles. The van der Waals surface area contributed by atoms with Crippen molar-refractivity contribution in [1.82, 2.24) is 4.98 Å². The van der Waals surface area contributed by atoms with Crippen LogP contribution in [-0.2, 0) is 0 Å². The van der Waals surface area contributed by atoms with Gasteiger partial charge >= 0.3 is 0 Å². The molecular weight excluding hydrogens is 490 g/mol. The fourth-order valence-corrected chi connectivity index (χ4v) is 6.45. The highest BCUT2D eigenvalue weighted by atomic mass is 16.3. The predicted octanol–water partition coefficient (Wildman–Crippen LogP) is 10.5. The van der Waals surface area contributed by atoms with Crippen molar-refractivity contribution < 1.29 is 8.83 Å². The van der Waals surface area contributed by atoms with Gasteiger partial charge in [-0.15, -0.1) is 0 Å². The van der Waals surface area contributed by atoms with Crippen LogP contribution in [0.3, 0.4) is 0 Å². The summed E-state index contributed by atoms with van der Waals surface area (Å²) in [6.07, 6.45) is 1.88. The first-order chi connectivity index (χ1) is 19.9. The van der Waals surface area contributed by atoms with Gasteiger partial charge in [0.05, 0.1) is 5.52 Å². The number of hydrogen-bond acceptors (Lipinski definition) is 3. The Labute approximate surface area is 228 Å². The number of hydrogen-bond donors (Lipinski definition) is 0. The lowest BCUT2D eigenvalue weighted by molar-refractivity contribution is 0.669. The van der Waals surface area contributed by atoms with E-state index in [1.54, 1.807) is 0 Å². The van der Waals surface area contributed by atoms with Gasteiger partial charge in [0, 0.05) is 55.4 Å². The van der Waals surface area contributed by atoms with Gasteiger partial charge in [-0.25, -0.2) is 0 Å². The van der Waals surface area contributed by atoms with Gasteiger partial charge < -0.3 is 8.83 Å². The van der Waals surface area contributed by atoms with Crippen LogP contribution in [-0.4, -0.2) is 4.98 Å². The molecule has 0 bridgehead atoms. The van der Waals surface area contributed by atoms with Crippen molar-refractivity contribution in [3.63, 3.8) is 0 Å². The number of aromatic nitrogens is 1. The van der Waals surface area contributed by atoms with Gasteiger partial charge in [-0.05, 0) is 29.0 Å². The minimum Gasteiger partial charge on any atom is -0.455 e. The van der Waals surface area contributed by atoms with Crippen molar-refractivity contribution in [2.45, 2.75) is 0 Å². The van der Waals surface area contributed by atoms with Crippen LogP contribution < -0.4 is 0 Å². The summed E-state index contributed by atoms with van der Waals surface area (Å²) in [6, 6.07) is 42.1. The summed E-state index contributed by atoms with van der Waals surface area (Å²) < 4.78 is 13.0. The van der Waals surface area contributed by atoms with E-state index in [0.717, 1.165) is 87.8 Å². The molecule has 40 heavy (non-hydrogen) atoms. The molecule has 9 rings (SSSR count). The zero-order valence-electron chi connectivity index (χ0n) is 21.4. The Balaban J connectivity index is 1.46. The van der Waals surface area contributed by atoms with Gasteiger partial charge in [0.1, 0.15) is 22.3 Å². The van der Waals surface area contributed by atoms with E-state index in [-0.39, 0.29) is 0 Å². The van der Waals surface area contributed by atoms with E-state index in [1.807, 2.05) is 36.5 Å². The van der Waals surface area contributed by atoms with Gasteiger partial charge in [0.25, 0.3) is 0 Å². The highest BCUT2D eigenvalue weighted by Gasteiger charge is 2.22. The molecule has 0 amide bonds. The minimum atomic E-state index is 0.882. The summed E-state index contributed by atoms with van der Waals surface area (Å²) in [4.78, 5) is 5.01. The van der Waals surface area contributed by atoms with Crippen LogP contribution in [0.1, 0.15) is 0 Å². The second-order valence-corrected chi connectivity index (χ2v) is 10.3. The Hall–Kier alpha value is -5.41.